The van der Waals surface area contributed by atoms with Gasteiger partial charge in [0.15, 0.2) is 11.9 Å². The molecule has 1 atom stereocenters. The third kappa shape index (κ3) is 1.79. The third-order valence-corrected chi connectivity index (χ3v) is 3.22. The number of carbonyl (C=O) groups excluding carboxylic acids is 3. The van der Waals surface area contributed by atoms with Gasteiger partial charge >= 0.3 is 0 Å². The normalized spacial score (nSPS) is 19.5. The van der Waals surface area contributed by atoms with Crippen LogP contribution in [0.2, 0.25) is 0 Å². The van der Waals surface area contributed by atoms with Gasteiger partial charge in [0, 0.05) is 12.0 Å². The highest BCUT2D eigenvalue weighted by molar-refractivity contribution is 6.01. The SMILES string of the molecule is O=Cc1ccc(C2CCC(=O)NC2=O)c2ncnn12. The van der Waals surface area contributed by atoms with E-state index in [0.717, 1.165) is 0 Å². The molecule has 3 heterocycles. The van der Waals surface area contributed by atoms with Crippen LogP contribution in [0.5, 0.6) is 0 Å². The van der Waals surface area contributed by atoms with Crippen molar-refractivity contribution in [3.8, 4) is 0 Å². The summed E-state index contributed by atoms with van der Waals surface area (Å²) in [6, 6.07) is 3.28. The van der Waals surface area contributed by atoms with Crippen molar-refractivity contribution in [3.05, 3.63) is 29.7 Å². The molecule has 1 aliphatic rings. The second-order valence-corrected chi connectivity index (χ2v) is 4.33. The van der Waals surface area contributed by atoms with E-state index in [4.69, 9.17) is 0 Å². The maximum atomic E-state index is 11.9. The predicted molar refractivity (Wildman–Crippen MR) is 63.5 cm³/mol. The van der Waals surface area contributed by atoms with E-state index >= 15 is 0 Å². The summed E-state index contributed by atoms with van der Waals surface area (Å²) in [4.78, 5) is 38.0. The van der Waals surface area contributed by atoms with Gasteiger partial charge in [0.1, 0.15) is 12.0 Å². The van der Waals surface area contributed by atoms with E-state index in [-0.39, 0.29) is 11.8 Å². The number of rotatable bonds is 2. The topological polar surface area (TPSA) is 93.4 Å². The van der Waals surface area contributed by atoms with Crippen molar-refractivity contribution in [2.24, 2.45) is 0 Å². The molecule has 1 unspecified atom stereocenters. The minimum absolute atomic E-state index is 0.261. The van der Waals surface area contributed by atoms with Crippen LogP contribution in [0.15, 0.2) is 18.5 Å². The predicted octanol–water partition coefficient (Wildman–Crippen LogP) is 0.0620. The fraction of sp³-hybridized carbons (Fsp3) is 0.250. The molecule has 7 nitrogen and oxygen atoms in total. The number of nitrogens with one attached hydrogen (secondary N) is 1. The number of aldehydes is 1. The maximum Gasteiger partial charge on any atom is 0.234 e. The molecule has 19 heavy (non-hydrogen) atoms. The number of nitrogens with zero attached hydrogens (tertiary/aromatic N) is 3. The summed E-state index contributed by atoms with van der Waals surface area (Å²) in [5.41, 5.74) is 1.51. The van der Waals surface area contributed by atoms with E-state index in [1.165, 1.54) is 10.8 Å². The highest BCUT2D eigenvalue weighted by atomic mass is 16.2. The number of amides is 2. The molecule has 0 spiro atoms. The molecule has 2 aromatic heterocycles. The van der Waals surface area contributed by atoms with E-state index in [9.17, 15) is 14.4 Å². The molecular formula is C12H10N4O3. The van der Waals surface area contributed by atoms with Crippen LogP contribution in [0.25, 0.3) is 5.65 Å². The number of carbonyl (C=O) groups is 3. The van der Waals surface area contributed by atoms with Crippen molar-refractivity contribution in [2.45, 2.75) is 18.8 Å². The molecule has 96 valence electrons. The average molecular weight is 258 g/mol. The van der Waals surface area contributed by atoms with Crippen molar-refractivity contribution < 1.29 is 14.4 Å². The van der Waals surface area contributed by atoms with Gasteiger partial charge in [-0.2, -0.15) is 5.10 Å². The molecule has 1 N–H and O–H groups in total. The molecule has 2 amide bonds. The largest absolute Gasteiger partial charge is 0.296 e. The van der Waals surface area contributed by atoms with Crippen LogP contribution in [-0.4, -0.2) is 32.7 Å². The summed E-state index contributed by atoms with van der Waals surface area (Å²) in [7, 11) is 0. The number of fused-ring (bicyclic) bond motifs is 1. The maximum absolute atomic E-state index is 11.9. The zero-order valence-electron chi connectivity index (χ0n) is 9.87. The number of hydrogen-bond donors (Lipinski definition) is 1. The fourth-order valence-electron chi connectivity index (χ4n) is 2.30. The summed E-state index contributed by atoms with van der Waals surface area (Å²) in [6.07, 6.45) is 2.74. The standard InChI is InChI=1S/C12H10N4O3/c17-5-7-1-2-8(11-13-6-14-16(7)11)9-3-4-10(18)15-12(9)19/h1-2,5-6,9H,3-4H2,(H,15,18,19). The molecule has 0 aromatic carbocycles. The van der Waals surface area contributed by atoms with Crippen molar-refractivity contribution in [3.63, 3.8) is 0 Å². The van der Waals surface area contributed by atoms with E-state index in [1.807, 2.05) is 0 Å². The van der Waals surface area contributed by atoms with Crippen LogP contribution in [0.3, 0.4) is 0 Å². The Labute approximate surface area is 107 Å². The Bertz CT molecular complexity index is 691. The monoisotopic (exact) mass is 258 g/mol. The second-order valence-electron chi connectivity index (χ2n) is 4.33. The number of piperidine rings is 1. The quantitative estimate of drug-likeness (QED) is 0.607. The highest BCUT2D eigenvalue weighted by Gasteiger charge is 2.30. The third-order valence-electron chi connectivity index (χ3n) is 3.22. The van der Waals surface area contributed by atoms with Crippen molar-refractivity contribution in [1.29, 1.82) is 0 Å². The smallest absolute Gasteiger partial charge is 0.234 e. The lowest BCUT2D eigenvalue weighted by atomic mass is 9.91. The first-order valence-corrected chi connectivity index (χ1v) is 5.82. The van der Waals surface area contributed by atoms with Gasteiger partial charge in [-0.05, 0) is 12.5 Å². The lowest BCUT2D eigenvalue weighted by molar-refractivity contribution is -0.134. The van der Waals surface area contributed by atoms with Crippen LogP contribution < -0.4 is 5.32 Å². The van der Waals surface area contributed by atoms with Gasteiger partial charge in [0.05, 0.1) is 5.92 Å². The number of hydrogen-bond acceptors (Lipinski definition) is 5. The molecule has 0 radical (unpaired) electrons. The van der Waals surface area contributed by atoms with E-state index in [2.05, 4.69) is 15.4 Å². The first-order valence-electron chi connectivity index (χ1n) is 5.82. The van der Waals surface area contributed by atoms with Gasteiger partial charge in [-0.1, -0.05) is 6.07 Å². The van der Waals surface area contributed by atoms with E-state index in [1.54, 1.807) is 12.1 Å². The average Bonchev–Trinajstić information content (AvgIpc) is 2.87. The van der Waals surface area contributed by atoms with Gasteiger partial charge < -0.3 is 0 Å². The molecule has 3 rings (SSSR count). The molecule has 0 bridgehead atoms. The van der Waals surface area contributed by atoms with Crippen LogP contribution in [0.1, 0.15) is 34.8 Å². The first kappa shape index (κ1) is 11.5. The summed E-state index contributed by atoms with van der Waals surface area (Å²) < 4.78 is 1.39. The summed E-state index contributed by atoms with van der Waals surface area (Å²) in [6.45, 7) is 0. The summed E-state index contributed by atoms with van der Waals surface area (Å²) in [5, 5.41) is 6.27. The summed E-state index contributed by atoms with van der Waals surface area (Å²) >= 11 is 0. The molecule has 0 saturated carbocycles. The van der Waals surface area contributed by atoms with Gasteiger partial charge in [-0.3, -0.25) is 19.7 Å². The molecule has 0 aliphatic carbocycles. The number of imide groups is 1. The van der Waals surface area contributed by atoms with Crippen molar-refractivity contribution >= 4 is 23.7 Å². The lowest BCUT2D eigenvalue weighted by Crippen LogP contribution is -2.39. The number of aromatic nitrogens is 3. The van der Waals surface area contributed by atoms with Crippen molar-refractivity contribution in [2.75, 3.05) is 0 Å². The summed E-state index contributed by atoms with van der Waals surface area (Å²) in [5.74, 6) is -1.03. The van der Waals surface area contributed by atoms with Crippen LogP contribution in [0.4, 0.5) is 0 Å². The van der Waals surface area contributed by atoms with Crippen LogP contribution >= 0.6 is 0 Å². The Morgan fingerprint density at radius 3 is 2.95 bits per heavy atom. The van der Waals surface area contributed by atoms with E-state index in [0.29, 0.717) is 36.0 Å². The van der Waals surface area contributed by atoms with Crippen LogP contribution in [-0.2, 0) is 9.59 Å². The minimum Gasteiger partial charge on any atom is -0.296 e. The Morgan fingerprint density at radius 1 is 1.37 bits per heavy atom. The van der Waals surface area contributed by atoms with Crippen molar-refractivity contribution in [1.82, 2.24) is 19.9 Å². The molecule has 7 heteroatoms. The molecule has 1 fully saturated rings. The van der Waals surface area contributed by atoms with Gasteiger partial charge in [0.2, 0.25) is 11.8 Å². The molecule has 2 aromatic rings. The molecular weight excluding hydrogens is 248 g/mol. The fourth-order valence-corrected chi connectivity index (χ4v) is 2.30. The highest BCUT2D eigenvalue weighted by Crippen LogP contribution is 2.27. The van der Waals surface area contributed by atoms with Gasteiger partial charge in [-0.25, -0.2) is 9.50 Å². The Morgan fingerprint density at radius 2 is 2.21 bits per heavy atom. The number of pyridine rings is 1. The minimum atomic E-state index is -0.440. The van der Waals surface area contributed by atoms with Crippen LogP contribution in [0, 0.1) is 0 Å². The lowest BCUT2D eigenvalue weighted by Gasteiger charge is -2.21. The van der Waals surface area contributed by atoms with Gasteiger partial charge in [0.25, 0.3) is 0 Å². The Kier molecular flexibility index (Phi) is 2.59. The van der Waals surface area contributed by atoms with E-state index < -0.39 is 5.92 Å². The molecule has 1 aliphatic heterocycles. The van der Waals surface area contributed by atoms with Gasteiger partial charge in [-0.15, -0.1) is 0 Å². The zero-order valence-corrected chi connectivity index (χ0v) is 9.87. The Hall–Kier alpha value is -2.57. The molecule has 1 saturated heterocycles. The second kappa shape index (κ2) is 4.27. The zero-order chi connectivity index (χ0) is 13.4. The first-order chi connectivity index (χ1) is 9.20. The Balaban J connectivity index is 2.11.